The summed E-state index contributed by atoms with van der Waals surface area (Å²) >= 11 is 5.95. The summed E-state index contributed by atoms with van der Waals surface area (Å²) in [6, 6.07) is 8.75. The molecule has 7 nitrogen and oxygen atoms in total. The van der Waals surface area contributed by atoms with E-state index in [1.165, 1.54) is 0 Å². The van der Waals surface area contributed by atoms with E-state index >= 15 is 0 Å². The number of amidine groups is 1. The Balaban J connectivity index is 2.12. The van der Waals surface area contributed by atoms with Crippen molar-refractivity contribution in [2.45, 2.75) is 0 Å². The normalized spacial score (nSPS) is 11.7. The number of pyridine rings is 1. The van der Waals surface area contributed by atoms with Crippen LogP contribution in [-0.4, -0.2) is 33.0 Å². The zero-order valence-corrected chi connectivity index (χ0v) is 12.4. The lowest BCUT2D eigenvalue weighted by molar-refractivity contribution is 0.235. The number of benzene rings is 1. The lowest BCUT2D eigenvalue weighted by atomic mass is 10.2. The molecule has 22 heavy (non-hydrogen) atoms. The number of anilines is 1. The first-order chi connectivity index (χ1) is 10.7. The fourth-order valence-electron chi connectivity index (χ4n) is 2.05. The first-order valence-corrected chi connectivity index (χ1v) is 6.86. The molecule has 3 aromatic rings. The van der Waals surface area contributed by atoms with Gasteiger partial charge in [-0.1, -0.05) is 17.7 Å². The van der Waals surface area contributed by atoms with Gasteiger partial charge in [0.25, 0.3) is 0 Å². The third-order valence-electron chi connectivity index (χ3n) is 3.04. The molecule has 0 aliphatic rings. The highest BCUT2D eigenvalue weighted by molar-refractivity contribution is 6.30. The maximum Gasteiger partial charge on any atom is 0.202 e. The van der Waals surface area contributed by atoms with Gasteiger partial charge >= 0.3 is 0 Å². The zero-order valence-electron chi connectivity index (χ0n) is 11.6. The molecule has 0 radical (unpaired) electrons. The third kappa shape index (κ3) is 2.72. The molecule has 112 valence electrons. The lowest BCUT2D eigenvalue weighted by Crippen LogP contribution is -2.20. The van der Waals surface area contributed by atoms with Crippen molar-refractivity contribution in [1.82, 2.24) is 20.4 Å². The van der Waals surface area contributed by atoms with E-state index in [2.05, 4.69) is 30.7 Å². The molecule has 0 aliphatic heterocycles. The van der Waals surface area contributed by atoms with Gasteiger partial charge in [-0.15, -0.1) is 0 Å². The van der Waals surface area contributed by atoms with Crippen LogP contribution in [0, 0.1) is 0 Å². The predicted molar refractivity (Wildman–Crippen MR) is 86.0 cm³/mol. The molecule has 0 bridgehead atoms. The van der Waals surface area contributed by atoms with E-state index in [1.807, 2.05) is 0 Å². The molecule has 0 aliphatic carbocycles. The van der Waals surface area contributed by atoms with E-state index in [4.69, 9.17) is 11.6 Å². The molecule has 4 N–H and O–H groups in total. The molecule has 0 amide bonds. The second-order valence-electron chi connectivity index (χ2n) is 4.44. The second kappa shape index (κ2) is 6.00. The van der Waals surface area contributed by atoms with Crippen LogP contribution in [-0.2, 0) is 0 Å². The van der Waals surface area contributed by atoms with Crippen LogP contribution >= 0.6 is 11.6 Å². The van der Waals surface area contributed by atoms with Crippen molar-refractivity contribution in [3.8, 4) is 0 Å². The first kappa shape index (κ1) is 14.3. The van der Waals surface area contributed by atoms with Gasteiger partial charge in [0.05, 0.1) is 11.2 Å². The molecule has 0 saturated carbocycles. The quantitative estimate of drug-likeness (QED) is 0.338. The van der Waals surface area contributed by atoms with E-state index in [9.17, 15) is 5.21 Å². The number of rotatable bonds is 3. The molecule has 0 spiro atoms. The highest BCUT2D eigenvalue weighted by Gasteiger charge is 2.12. The number of aromatic nitrogens is 3. The molecular weight excluding hydrogens is 304 g/mol. The number of hydroxylamine groups is 1. The molecule has 0 unspecified atom stereocenters. The summed E-state index contributed by atoms with van der Waals surface area (Å²) in [4.78, 5) is 15.9. The van der Waals surface area contributed by atoms with E-state index < -0.39 is 0 Å². The lowest BCUT2D eigenvalue weighted by Gasteiger charge is -2.06. The smallest absolute Gasteiger partial charge is 0.202 e. The van der Waals surface area contributed by atoms with Crippen LogP contribution in [0.25, 0.3) is 11.2 Å². The van der Waals surface area contributed by atoms with Crippen LogP contribution < -0.4 is 10.8 Å². The van der Waals surface area contributed by atoms with Gasteiger partial charge in [-0.05, 0) is 24.3 Å². The van der Waals surface area contributed by atoms with Crippen molar-refractivity contribution in [3.05, 3.63) is 47.1 Å². The first-order valence-electron chi connectivity index (χ1n) is 6.48. The van der Waals surface area contributed by atoms with Crippen molar-refractivity contribution < 1.29 is 5.21 Å². The Kier molecular flexibility index (Phi) is 3.90. The molecule has 8 heteroatoms. The zero-order chi connectivity index (χ0) is 15.5. The fourth-order valence-corrected chi connectivity index (χ4v) is 2.23. The number of hydrogen-bond acceptors (Lipinski definition) is 5. The number of nitrogens with one attached hydrogen (secondary N) is 3. The van der Waals surface area contributed by atoms with Crippen LogP contribution in [0.4, 0.5) is 11.6 Å². The Morgan fingerprint density at radius 1 is 1.36 bits per heavy atom. The van der Waals surface area contributed by atoms with E-state index in [-0.39, 0.29) is 5.84 Å². The Bertz CT molecular complexity index is 844. The molecule has 0 saturated heterocycles. The predicted octanol–water partition coefficient (Wildman–Crippen LogP) is 2.71. The topological polar surface area (TPSA) is 98.2 Å². The average Bonchev–Trinajstić information content (AvgIpc) is 2.96. The minimum Gasteiger partial charge on any atom is -0.359 e. The van der Waals surface area contributed by atoms with Gasteiger partial charge in [0.2, 0.25) is 5.95 Å². The van der Waals surface area contributed by atoms with Crippen LogP contribution in [0.1, 0.15) is 5.56 Å². The van der Waals surface area contributed by atoms with Gasteiger partial charge in [-0.25, -0.2) is 9.98 Å². The van der Waals surface area contributed by atoms with Gasteiger partial charge in [0, 0.05) is 23.8 Å². The Morgan fingerprint density at radius 2 is 2.23 bits per heavy atom. The van der Waals surface area contributed by atoms with Gasteiger partial charge in [0.1, 0.15) is 0 Å². The summed E-state index contributed by atoms with van der Waals surface area (Å²) in [6.07, 6.45) is 1.60. The van der Waals surface area contributed by atoms with Crippen LogP contribution in [0.15, 0.2) is 41.5 Å². The van der Waals surface area contributed by atoms with Crippen molar-refractivity contribution >= 4 is 40.2 Å². The monoisotopic (exact) mass is 316 g/mol. The van der Waals surface area contributed by atoms with Crippen LogP contribution in [0.5, 0.6) is 0 Å². The van der Waals surface area contributed by atoms with Crippen molar-refractivity contribution in [2.24, 2.45) is 4.99 Å². The second-order valence-corrected chi connectivity index (χ2v) is 4.88. The molecule has 0 fully saturated rings. The fraction of sp³-hybridized carbons (Fsp3) is 0.0714. The van der Waals surface area contributed by atoms with Crippen molar-refractivity contribution in [2.75, 3.05) is 12.4 Å². The molecule has 2 heterocycles. The highest BCUT2D eigenvalue weighted by Crippen LogP contribution is 2.21. The maximum absolute atomic E-state index is 9.45. The highest BCUT2D eigenvalue weighted by atomic mass is 35.5. The third-order valence-corrected chi connectivity index (χ3v) is 3.27. The number of imidazole rings is 1. The van der Waals surface area contributed by atoms with E-state index in [0.717, 1.165) is 0 Å². The molecular formula is C14H13ClN6O. The summed E-state index contributed by atoms with van der Waals surface area (Å²) in [5, 5.41) is 12.9. The molecule has 0 atom stereocenters. The summed E-state index contributed by atoms with van der Waals surface area (Å²) in [7, 11) is 1.75. The molecule has 3 rings (SSSR count). The van der Waals surface area contributed by atoms with Gasteiger partial charge in [-0.2, -0.15) is 4.98 Å². The summed E-state index contributed by atoms with van der Waals surface area (Å²) in [5.41, 5.74) is 4.56. The Labute approximate surface area is 131 Å². The van der Waals surface area contributed by atoms with E-state index in [0.29, 0.717) is 33.4 Å². The number of hydrogen-bond donors (Lipinski definition) is 4. The number of H-pyrrole nitrogens is 1. The summed E-state index contributed by atoms with van der Waals surface area (Å²) in [6.45, 7) is 0. The van der Waals surface area contributed by atoms with Gasteiger partial charge < -0.3 is 10.3 Å². The largest absolute Gasteiger partial charge is 0.359 e. The minimum atomic E-state index is 0.265. The van der Waals surface area contributed by atoms with Gasteiger partial charge in [-0.3, -0.25) is 10.7 Å². The standard InChI is InChI=1S/C14H13ClN6O/c1-16-14-19-11-10(5-6-17-13(11)20-14)12(21-22)18-9-4-2-3-8(15)7-9/h2-7,22H,1H3,(H,18,21)(H2,16,17,19,20). The SMILES string of the molecule is CNc1nc2nccc(C(=Nc3cccc(Cl)c3)NO)c2[nH]1. The summed E-state index contributed by atoms with van der Waals surface area (Å²) in [5.74, 6) is 0.843. The average molecular weight is 317 g/mol. The number of aliphatic imine (C=N–C) groups is 1. The number of nitrogens with zero attached hydrogens (tertiary/aromatic N) is 3. The maximum atomic E-state index is 9.45. The van der Waals surface area contributed by atoms with Crippen molar-refractivity contribution in [1.29, 1.82) is 0 Å². The van der Waals surface area contributed by atoms with Crippen molar-refractivity contribution in [3.63, 3.8) is 0 Å². The van der Waals surface area contributed by atoms with E-state index in [1.54, 1.807) is 43.6 Å². The number of halogens is 1. The minimum absolute atomic E-state index is 0.265. The van der Waals surface area contributed by atoms with Crippen LogP contribution in [0.3, 0.4) is 0 Å². The molecule has 2 aromatic heterocycles. The number of aromatic amines is 1. The van der Waals surface area contributed by atoms with Crippen LogP contribution in [0.2, 0.25) is 5.02 Å². The Hall–Kier alpha value is -2.64. The summed E-state index contributed by atoms with van der Waals surface area (Å²) < 4.78 is 0. The van der Waals surface area contributed by atoms with Gasteiger partial charge in [0.15, 0.2) is 11.5 Å². The number of fused-ring (bicyclic) bond motifs is 1. The Morgan fingerprint density at radius 3 is 2.95 bits per heavy atom. The molecule has 1 aromatic carbocycles.